The fraction of sp³-hybridized carbons (Fsp3) is 0.412. The van der Waals surface area contributed by atoms with E-state index in [1.54, 1.807) is 17.1 Å². The third-order valence-corrected chi connectivity index (χ3v) is 4.39. The number of hydrogen-bond acceptors (Lipinski definition) is 3. The van der Waals surface area contributed by atoms with Gasteiger partial charge in [0.05, 0.1) is 17.4 Å². The van der Waals surface area contributed by atoms with Gasteiger partial charge in [-0.1, -0.05) is 31.0 Å². The summed E-state index contributed by atoms with van der Waals surface area (Å²) in [4.78, 5) is 12.4. The Hall–Kier alpha value is -2.14. The molecule has 1 aromatic heterocycles. The number of hydrogen-bond donors (Lipinski definition) is 2. The summed E-state index contributed by atoms with van der Waals surface area (Å²) in [6, 6.07) is 9.96. The summed E-state index contributed by atoms with van der Waals surface area (Å²) < 4.78 is 1.72. The maximum atomic E-state index is 12.4. The minimum atomic E-state index is -0.0625. The van der Waals surface area contributed by atoms with E-state index in [1.807, 2.05) is 30.3 Å². The minimum absolute atomic E-state index is 0.0625. The Bertz CT molecular complexity index is 623. The SMILES string of the molecule is NCC1CCCCC1NC(=O)c1cnn(-c2ccccc2)c1. The zero-order valence-electron chi connectivity index (χ0n) is 12.6. The molecule has 1 aliphatic carbocycles. The van der Waals surface area contributed by atoms with Gasteiger partial charge in [0.2, 0.25) is 0 Å². The average Bonchev–Trinajstić information content (AvgIpc) is 3.06. The molecule has 0 saturated heterocycles. The van der Waals surface area contributed by atoms with Gasteiger partial charge in [-0.15, -0.1) is 0 Å². The van der Waals surface area contributed by atoms with Crippen LogP contribution >= 0.6 is 0 Å². The highest BCUT2D eigenvalue weighted by molar-refractivity contribution is 5.94. The number of rotatable bonds is 4. The van der Waals surface area contributed by atoms with Crippen LogP contribution < -0.4 is 11.1 Å². The molecule has 22 heavy (non-hydrogen) atoms. The molecule has 1 heterocycles. The van der Waals surface area contributed by atoms with Gasteiger partial charge in [0, 0.05) is 12.2 Å². The van der Waals surface area contributed by atoms with Gasteiger partial charge < -0.3 is 11.1 Å². The number of carbonyl (C=O) groups excluding carboxylic acids is 1. The normalized spacial score (nSPS) is 21.5. The summed E-state index contributed by atoms with van der Waals surface area (Å²) in [6.45, 7) is 0.633. The average molecular weight is 298 g/mol. The quantitative estimate of drug-likeness (QED) is 0.908. The second-order valence-electron chi connectivity index (χ2n) is 5.87. The molecule has 0 aliphatic heterocycles. The topological polar surface area (TPSA) is 72.9 Å². The summed E-state index contributed by atoms with van der Waals surface area (Å²) in [7, 11) is 0. The molecule has 2 atom stereocenters. The van der Waals surface area contributed by atoms with E-state index in [0.717, 1.165) is 24.9 Å². The van der Waals surface area contributed by atoms with E-state index in [2.05, 4.69) is 10.4 Å². The first-order valence-corrected chi connectivity index (χ1v) is 7.89. The highest BCUT2D eigenvalue weighted by atomic mass is 16.1. The molecule has 5 nitrogen and oxygen atoms in total. The van der Waals surface area contributed by atoms with Crippen molar-refractivity contribution in [3.8, 4) is 5.69 Å². The Morgan fingerprint density at radius 1 is 1.27 bits per heavy atom. The third-order valence-electron chi connectivity index (χ3n) is 4.39. The van der Waals surface area contributed by atoms with Crippen molar-refractivity contribution in [2.75, 3.05) is 6.54 Å². The molecule has 0 bridgehead atoms. The molecule has 1 fully saturated rings. The molecule has 2 unspecified atom stereocenters. The Balaban J connectivity index is 1.69. The van der Waals surface area contributed by atoms with E-state index in [-0.39, 0.29) is 11.9 Å². The molecule has 5 heteroatoms. The highest BCUT2D eigenvalue weighted by Crippen LogP contribution is 2.23. The van der Waals surface area contributed by atoms with E-state index in [1.165, 1.54) is 6.42 Å². The number of carbonyl (C=O) groups is 1. The molecule has 3 N–H and O–H groups in total. The van der Waals surface area contributed by atoms with E-state index in [0.29, 0.717) is 18.0 Å². The number of nitrogens with two attached hydrogens (primary N) is 1. The van der Waals surface area contributed by atoms with Crippen molar-refractivity contribution in [2.45, 2.75) is 31.7 Å². The Morgan fingerprint density at radius 2 is 2.05 bits per heavy atom. The molecule has 1 amide bonds. The third kappa shape index (κ3) is 3.20. The maximum absolute atomic E-state index is 12.4. The Morgan fingerprint density at radius 3 is 2.82 bits per heavy atom. The van der Waals surface area contributed by atoms with Gasteiger partial charge in [-0.25, -0.2) is 4.68 Å². The van der Waals surface area contributed by atoms with Gasteiger partial charge in [0.1, 0.15) is 0 Å². The second kappa shape index (κ2) is 6.75. The molecule has 1 aromatic carbocycles. The molecular weight excluding hydrogens is 276 g/mol. The number of nitrogens with one attached hydrogen (secondary N) is 1. The van der Waals surface area contributed by atoms with Crippen molar-refractivity contribution >= 4 is 5.91 Å². The molecule has 116 valence electrons. The molecule has 2 aromatic rings. The van der Waals surface area contributed by atoms with Crippen molar-refractivity contribution in [3.63, 3.8) is 0 Å². The molecule has 0 spiro atoms. The van der Waals surface area contributed by atoms with Gasteiger partial charge >= 0.3 is 0 Å². The van der Waals surface area contributed by atoms with Crippen molar-refractivity contribution < 1.29 is 4.79 Å². The number of amides is 1. The lowest BCUT2D eigenvalue weighted by molar-refractivity contribution is 0.0908. The Labute approximate surface area is 130 Å². The lowest BCUT2D eigenvalue weighted by Gasteiger charge is -2.31. The fourth-order valence-electron chi connectivity index (χ4n) is 3.09. The van der Waals surface area contributed by atoms with Gasteiger partial charge in [-0.3, -0.25) is 4.79 Å². The van der Waals surface area contributed by atoms with Gasteiger partial charge in [0.15, 0.2) is 0 Å². The van der Waals surface area contributed by atoms with E-state index < -0.39 is 0 Å². The highest BCUT2D eigenvalue weighted by Gasteiger charge is 2.26. The van der Waals surface area contributed by atoms with Crippen LogP contribution in [0.5, 0.6) is 0 Å². The van der Waals surface area contributed by atoms with Crippen LogP contribution in [0.3, 0.4) is 0 Å². The van der Waals surface area contributed by atoms with Gasteiger partial charge in [0.25, 0.3) is 5.91 Å². The smallest absolute Gasteiger partial charge is 0.254 e. The summed E-state index contributed by atoms with van der Waals surface area (Å²) in [5, 5.41) is 7.40. The summed E-state index contributed by atoms with van der Waals surface area (Å²) >= 11 is 0. The predicted octanol–water partition coefficient (Wildman–Crippen LogP) is 2.12. The van der Waals surface area contributed by atoms with E-state index in [9.17, 15) is 4.79 Å². The van der Waals surface area contributed by atoms with Crippen LogP contribution in [0.15, 0.2) is 42.7 Å². The van der Waals surface area contributed by atoms with Crippen LogP contribution in [0.4, 0.5) is 0 Å². The van der Waals surface area contributed by atoms with Crippen molar-refractivity contribution in [2.24, 2.45) is 11.7 Å². The van der Waals surface area contributed by atoms with Crippen LogP contribution in [0, 0.1) is 5.92 Å². The monoisotopic (exact) mass is 298 g/mol. The van der Waals surface area contributed by atoms with Gasteiger partial charge in [-0.05, 0) is 37.4 Å². The lowest BCUT2D eigenvalue weighted by Crippen LogP contribution is -2.44. The van der Waals surface area contributed by atoms with Gasteiger partial charge in [-0.2, -0.15) is 5.10 Å². The molecule has 1 aliphatic rings. The van der Waals surface area contributed by atoms with Crippen LogP contribution in [-0.4, -0.2) is 28.3 Å². The number of aromatic nitrogens is 2. The number of benzene rings is 1. The molecular formula is C17H22N4O. The Kier molecular flexibility index (Phi) is 4.53. The van der Waals surface area contributed by atoms with Crippen LogP contribution in [0.25, 0.3) is 5.69 Å². The van der Waals surface area contributed by atoms with Crippen molar-refractivity contribution in [3.05, 3.63) is 48.3 Å². The van der Waals surface area contributed by atoms with Crippen molar-refractivity contribution in [1.82, 2.24) is 15.1 Å². The summed E-state index contributed by atoms with van der Waals surface area (Å²) in [6.07, 6.45) is 7.86. The second-order valence-corrected chi connectivity index (χ2v) is 5.87. The molecule has 3 rings (SSSR count). The zero-order chi connectivity index (χ0) is 15.4. The zero-order valence-corrected chi connectivity index (χ0v) is 12.6. The molecule has 0 radical (unpaired) electrons. The van der Waals surface area contributed by atoms with Crippen LogP contribution in [0.2, 0.25) is 0 Å². The fourth-order valence-corrected chi connectivity index (χ4v) is 3.09. The first-order valence-electron chi connectivity index (χ1n) is 7.89. The van der Waals surface area contributed by atoms with E-state index in [4.69, 9.17) is 5.73 Å². The van der Waals surface area contributed by atoms with Crippen LogP contribution in [-0.2, 0) is 0 Å². The predicted molar refractivity (Wildman–Crippen MR) is 85.8 cm³/mol. The first kappa shape index (κ1) is 14.8. The largest absolute Gasteiger partial charge is 0.349 e. The van der Waals surface area contributed by atoms with Crippen molar-refractivity contribution in [1.29, 1.82) is 0 Å². The summed E-state index contributed by atoms with van der Waals surface area (Å²) in [5.74, 6) is 0.328. The summed E-state index contributed by atoms with van der Waals surface area (Å²) in [5.41, 5.74) is 7.35. The van der Waals surface area contributed by atoms with Crippen LogP contribution in [0.1, 0.15) is 36.0 Å². The molecule has 1 saturated carbocycles. The maximum Gasteiger partial charge on any atom is 0.254 e. The number of para-hydroxylation sites is 1. The minimum Gasteiger partial charge on any atom is -0.349 e. The first-order chi connectivity index (χ1) is 10.8. The van der Waals surface area contributed by atoms with E-state index >= 15 is 0 Å². The lowest BCUT2D eigenvalue weighted by atomic mass is 9.84. The standard InChI is InChI=1S/C17H22N4O/c18-10-13-6-4-5-9-16(13)20-17(22)14-11-19-21(12-14)15-7-2-1-3-8-15/h1-3,7-8,11-13,16H,4-6,9-10,18H2,(H,20,22). The number of nitrogens with zero attached hydrogens (tertiary/aromatic N) is 2.